The molecule has 6 nitrogen and oxygen atoms in total. The second-order valence-corrected chi connectivity index (χ2v) is 6.40. The highest BCUT2D eigenvalue weighted by Crippen LogP contribution is 2.28. The van der Waals surface area contributed by atoms with Crippen molar-refractivity contribution in [1.29, 1.82) is 0 Å². The summed E-state index contributed by atoms with van der Waals surface area (Å²) in [5, 5.41) is 6.74. The van der Waals surface area contributed by atoms with E-state index in [9.17, 15) is 0 Å². The monoisotopic (exact) mass is 354 g/mol. The molecule has 1 saturated carbocycles. The largest absolute Gasteiger partial charge is 0.494 e. The van der Waals surface area contributed by atoms with Crippen molar-refractivity contribution in [3.05, 3.63) is 48.2 Å². The maximum Gasteiger partial charge on any atom is 0.219 e. The summed E-state index contributed by atoms with van der Waals surface area (Å²) in [4.78, 5) is 8.55. The molecule has 2 N–H and O–H groups in total. The van der Waals surface area contributed by atoms with Crippen LogP contribution >= 0.6 is 0 Å². The molecule has 3 rings (SSSR count). The van der Waals surface area contributed by atoms with Gasteiger partial charge in [-0.15, -0.1) is 0 Å². The third-order valence-electron chi connectivity index (χ3n) is 4.27. The van der Waals surface area contributed by atoms with E-state index in [2.05, 4.69) is 27.5 Å². The number of aliphatic imine (C=N–C) groups is 1. The van der Waals surface area contributed by atoms with Gasteiger partial charge in [-0.1, -0.05) is 6.92 Å². The van der Waals surface area contributed by atoms with Crippen molar-refractivity contribution in [2.45, 2.75) is 32.9 Å². The van der Waals surface area contributed by atoms with Crippen LogP contribution in [0.3, 0.4) is 0 Å². The van der Waals surface area contributed by atoms with Gasteiger partial charge in [0.2, 0.25) is 5.88 Å². The first-order valence-electron chi connectivity index (χ1n) is 9.00. The van der Waals surface area contributed by atoms with Crippen LogP contribution < -0.4 is 20.1 Å². The van der Waals surface area contributed by atoms with E-state index in [1.807, 2.05) is 43.3 Å². The Morgan fingerprint density at radius 3 is 2.62 bits per heavy atom. The van der Waals surface area contributed by atoms with Crippen molar-refractivity contribution in [1.82, 2.24) is 15.6 Å². The van der Waals surface area contributed by atoms with Crippen LogP contribution in [0.15, 0.2) is 47.6 Å². The fourth-order valence-electron chi connectivity index (χ4n) is 2.59. The fourth-order valence-corrected chi connectivity index (χ4v) is 2.59. The van der Waals surface area contributed by atoms with E-state index >= 15 is 0 Å². The molecule has 0 bridgehead atoms. The predicted octanol–water partition coefficient (Wildman–Crippen LogP) is 3.35. The van der Waals surface area contributed by atoms with Crippen LogP contribution in [0.2, 0.25) is 0 Å². The molecular formula is C20H26N4O2. The molecule has 2 aromatic rings. The van der Waals surface area contributed by atoms with Crippen LogP contribution in [0.1, 0.15) is 25.8 Å². The standard InChI is InChI=1S/C20H26N4O2/c1-4-25-16-5-7-17(8-6-16)26-19-12-15(9-10-22-19)13-23-20(21-3)24-18-11-14(18)2/h5-10,12,14,18H,4,11,13H2,1-3H3,(H2,21,23,24). The fraction of sp³-hybridized carbons (Fsp3) is 0.400. The van der Waals surface area contributed by atoms with E-state index in [0.29, 0.717) is 25.1 Å². The second kappa shape index (κ2) is 8.56. The van der Waals surface area contributed by atoms with Gasteiger partial charge in [0, 0.05) is 31.9 Å². The summed E-state index contributed by atoms with van der Waals surface area (Å²) in [6.45, 7) is 5.50. The van der Waals surface area contributed by atoms with Crippen molar-refractivity contribution in [2.24, 2.45) is 10.9 Å². The molecule has 0 saturated heterocycles. The molecule has 1 aromatic carbocycles. The molecule has 0 aliphatic heterocycles. The third kappa shape index (κ3) is 5.12. The number of rotatable bonds is 7. The minimum atomic E-state index is 0.539. The average Bonchev–Trinajstić information content (AvgIpc) is 3.35. The number of benzene rings is 1. The molecule has 2 atom stereocenters. The van der Waals surface area contributed by atoms with Crippen molar-refractivity contribution in [3.63, 3.8) is 0 Å². The number of pyridine rings is 1. The number of hydrogen-bond donors (Lipinski definition) is 2. The predicted molar refractivity (Wildman–Crippen MR) is 103 cm³/mol. The first-order valence-corrected chi connectivity index (χ1v) is 9.00. The molecule has 1 aliphatic rings. The summed E-state index contributed by atoms with van der Waals surface area (Å²) in [5.41, 5.74) is 1.08. The van der Waals surface area contributed by atoms with Crippen LogP contribution in [0, 0.1) is 5.92 Å². The van der Waals surface area contributed by atoms with Crippen LogP contribution in [0.4, 0.5) is 0 Å². The Balaban J connectivity index is 1.55. The smallest absolute Gasteiger partial charge is 0.219 e. The Morgan fingerprint density at radius 2 is 1.96 bits per heavy atom. The van der Waals surface area contributed by atoms with Gasteiger partial charge in [-0.05, 0) is 55.2 Å². The molecule has 26 heavy (non-hydrogen) atoms. The Hall–Kier alpha value is -2.76. The lowest BCUT2D eigenvalue weighted by Crippen LogP contribution is -2.38. The lowest BCUT2D eigenvalue weighted by molar-refractivity contribution is 0.339. The number of guanidine groups is 1. The van der Waals surface area contributed by atoms with Crippen molar-refractivity contribution >= 4 is 5.96 Å². The summed E-state index contributed by atoms with van der Waals surface area (Å²) in [6, 6.07) is 12.0. The zero-order valence-electron chi connectivity index (χ0n) is 15.5. The van der Waals surface area contributed by atoms with Crippen molar-refractivity contribution in [3.8, 4) is 17.4 Å². The first kappa shape index (κ1) is 18.0. The normalized spacial score (nSPS) is 19.0. The van der Waals surface area contributed by atoms with Gasteiger partial charge < -0.3 is 20.1 Å². The SMILES string of the molecule is CCOc1ccc(Oc2cc(CNC(=NC)NC3CC3C)ccn2)cc1. The lowest BCUT2D eigenvalue weighted by Gasteiger charge is -2.12. The maximum atomic E-state index is 5.83. The molecule has 0 spiro atoms. The molecular weight excluding hydrogens is 328 g/mol. The second-order valence-electron chi connectivity index (χ2n) is 6.40. The number of ether oxygens (including phenoxy) is 2. The molecule has 0 radical (unpaired) electrons. The van der Waals surface area contributed by atoms with E-state index in [-0.39, 0.29) is 0 Å². The summed E-state index contributed by atoms with van der Waals surface area (Å²) in [6.07, 6.45) is 2.95. The Kier molecular flexibility index (Phi) is 5.94. The molecule has 0 amide bonds. The maximum absolute atomic E-state index is 5.83. The van der Waals surface area contributed by atoms with Crippen LogP contribution in [0.5, 0.6) is 17.4 Å². The zero-order chi connectivity index (χ0) is 18.4. The van der Waals surface area contributed by atoms with E-state index < -0.39 is 0 Å². The van der Waals surface area contributed by atoms with E-state index in [0.717, 1.165) is 28.9 Å². The van der Waals surface area contributed by atoms with Gasteiger partial charge in [0.1, 0.15) is 11.5 Å². The van der Waals surface area contributed by atoms with Crippen LogP contribution in [0.25, 0.3) is 0 Å². The Bertz CT molecular complexity index is 746. The van der Waals surface area contributed by atoms with Gasteiger partial charge in [0.25, 0.3) is 0 Å². The topological polar surface area (TPSA) is 67.8 Å². The zero-order valence-corrected chi connectivity index (χ0v) is 15.5. The highest BCUT2D eigenvalue weighted by molar-refractivity contribution is 5.80. The first-order chi connectivity index (χ1) is 12.7. The van der Waals surface area contributed by atoms with E-state index in [4.69, 9.17) is 9.47 Å². The summed E-state index contributed by atoms with van der Waals surface area (Å²) in [7, 11) is 1.79. The minimum Gasteiger partial charge on any atom is -0.494 e. The van der Waals surface area contributed by atoms with Gasteiger partial charge in [0.05, 0.1) is 6.61 Å². The molecule has 1 heterocycles. The van der Waals surface area contributed by atoms with Gasteiger partial charge in [-0.2, -0.15) is 0 Å². The Morgan fingerprint density at radius 1 is 1.23 bits per heavy atom. The lowest BCUT2D eigenvalue weighted by atomic mass is 10.2. The van der Waals surface area contributed by atoms with Crippen LogP contribution in [-0.4, -0.2) is 30.6 Å². The van der Waals surface area contributed by atoms with E-state index in [1.54, 1.807) is 13.2 Å². The summed E-state index contributed by atoms with van der Waals surface area (Å²) < 4.78 is 11.3. The molecule has 1 aliphatic carbocycles. The highest BCUT2D eigenvalue weighted by Gasteiger charge is 2.33. The third-order valence-corrected chi connectivity index (χ3v) is 4.27. The number of aromatic nitrogens is 1. The molecule has 1 fully saturated rings. The molecule has 2 unspecified atom stereocenters. The van der Waals surface area contributed by atoms with Gasteiger partial charge >= 0.3 is 0 Å². The molecule has 1 aromatic heterocycles. The van der Waals surface area contributed by atoms with Crippen molar-refractivity contribution < 1.29 is 9.47 Å². The number of nitrogens with one attached hydrogen (secondary N) is 2. The molecule has 6 heteroatoms. The number of nitrogens with zero attached hydrogens (tertiary/aromatic N) is 2. The van der Waals surface area contributed by atoms with Gasteiger partial charge in [0.15, 0.2) is 5.96 Å². The average molecular weight is 354 g/mol. The number of hydrogen-bond acceptors (Lipinski definition) is 4. The van der Waals surface area contributed by atoms with Gasteiger partial charge in [-0.25, -0.2) is 4.98 Å². The van der Waals surface area contributed by atoms with Crippen molar-refractivity contribution in [2.75, 3.05) is 13.7 Å². The van der Waals surface area contributed by atoms with Crippen LogP contribution in [-0.2, 0) is 6.54 Å². The Labute approximate surface area is 154 Å². The summed E-state index contributed by atoms with van der Waals surface area (Å²) in [5.74, 6) is 3.67. The summed E-state index contributed by atoms with van der Waals surface area (Å²) >= 11 is 0. The molecule has 138 valence electrons. The highest BCUT2D eigenvalue weighted by atomic mass is 16.5. The van der Waals surface area contributed by atoms with Gasteiger partial charge in [-0.3, -0.25) is 4.99 Å². The van der Waals surface area contributed by atoms with E-state index in [1.165, 1.54) is 6.42 Å². The minimum absolute atomic E-state index is 0.539. The quantitative estimate of drug-likeness (QED) is 0.590.